The zero-order valence-electron chi connectivity index (χ0n) is 14.6. The van der Waals surface area contributed by atoms with Crippen molar-refractivity contribution in [3.8, 4) is 11.5 Å². The second-order valence-corrected chi connectivity index (χ2v) is 6.82. The topological polar surface area (TPSA) is 88.7 Å². The van der Waals surface area contributed by atoms with Crippen LogP contribution < -0.4 is 25.4 Å². The van der Waals surface area contributed by atoms with E-state index >= 15 is 0 Å². The molecule has 0 aliphatic carbocycles. The molecule has 2 unspecified atom stereocenters. The van der Waals surface area contributed by atoms with Gasteiger partial charge in [-0.15, -0.1) is 8.78 Å². The predicted molar refractivity (Wildman–Crippen MR) is 87.5 cm³/mol. The third-order valence-electron chi connectivity index (χ3n) is 4.28. The van der Waals surface area contributed by atoms with Gasteiger partial charge < -0.3 is 20.1 Å². The molecule has 2 amide bonds. The Morgan fingerprint density at radius 1 is 1.31 bits per heavy atom. The van der Waals surface area contributed by atoms with E-state index in [1.807, 2.05) is 13.8 Å². The van der Waals surface area contributed by atoms with Gasteiger partial charge in [-0.2, -0.15) is 0 Å². The summed E-state index contributed by atoms with van der Waals surface area (Å²) in [4.78, 5) is 24.2. The third-order valence-corrected chi connectivity index (χ3v) is 4.28. The third kappa shape index (κ3) is 3.87. The predicted octanol–water partition coefficient (Wildman–Crippen LogP) is 1.65. The van der Waals surface area contributed by atoms with Crippen molar-refractivity contribution < 1.29 is 27.8 Å². The van der Waals surface area contributed by atoms with Crippen molar-refractivity contribution in [3.63, 3.8) is 0 Å². The van der Waals surface area contributed by atoms with Gasteiger partial charge in [0.25, 0.3) is 0 Å². The first-order valence-corrected chi connectivity index (χ1v) is 8.40. The van der Waals surface area contributed by atoms with Crippen LogP contribution in [0.5, 0.6) is 11.5 Å². The number of fused-ring (bicyclic) bond motifs is 1. The highest BCUT2D eigenvalue weighted by atomic mass is 19.3. The van der Waals surface area contributed by atoms with E-state index in [4.69, 9.17) is 0 Å². The minimum atomic E-state index is -3.69. The van der Waals surface area contributed by atoms with Crippen LogP contribution in [0.4, 0.5) is 8.78 Å². The quantitative estimate of drug-likeness (QED) is 0.751. The van der Waals surface area contributed by atoms with Crippen LogP contribution in [0.2, 0.25) is 0 Å². The van der Waals surface area contributed by atoms with Crippen LogP contribution in [0, 0.1) is 5.92 Å². The van der Waals surface area contributed by atoms with Crippen molar-refractivity contribution in [1.82, 2.24) is 16.0 Å². The molecule has 2 aliphatic rings. The monoisotopic (exact) mass is 369 g/mol. The maximum atomic E-state index is 13.2. The van der Waals surface area contributed by atoms with E-state index in [9.17, 15) is 18.4 Å². The zero-order valence-corrected chi connectivity index (χ0v) is 14.6. The summed E-state index contributed by atoms with van der Waals surface area (Å²) in [6.45, 7) is 5.54. The number of hydrogen-bond donors (Lipinski definition) is 3. The van der Waals surface area contributed by atoms with Crippen LogP contribution in [0.15, 0.2) is 18.2 Å². The highest BCUT2D eigenvalue weighted by Gasteiger charge is 2.43. The van der Waals surface area contributed by atoms with Crippen LogP contribution >= 0.6 is 0 Å². The van der Waals surface area contributed by atoms with Gasteiger partial charge in [-0.05, 0) is 30.5 Å². The van der Waals surface area contributed by atoms with Crippen LogP contribution in [-0.2, 0) is 9.59 Å². The van der Waals surface area contributed by atoms with Gasteiger partial charge in [0, 0.05) is 0 Å². The summed E-state index contributed by atoms with van der Waals surface area (Å²) in [5, 5.41) is 8.57. The van der Waals surface area contributed by atoms with Crippen molar-refractivity contribution in [1.29, 1.82) is 0 Å². The van der Waals surface area contributed by atoms with Crippen molar-refractivity contribution in [2.45, 2.75) is 51.7 Å². The minimum absolute atomic E-state index is 0.0188. The largest absolute Gasteiger partial charge is 0.586 e. The number of hydrogen-bond acceptors (Lipinski definition) is 5. The molecule has 1 saturated heterocycles. The van der Waals surface area contributed by atoms with Crippen LogP contribution in [0.1, 0.15) is 38.8 Å². The van der Waals surface area contributed by atoms with Crippen molar-refractivity contribution >= 4 is 11.8 Å². The molecule has 1 aromatic rings. The maximum Gasteiger partial charge on any atom is 0.586 e. The molecule has 0 spiro atoms. The average molecular weight is 369 g/mol. The molecule has 9 heteroatoms. The molecule has 0 radical (unpaired) electrons. The number of rotatable bonds is 4. The second kappa shape index (κ2) is 6.71. The summed E-state index contributed by atoms with van der Waals surface area (Å²) < 4.78 is 35.3. The van der Waals surface area contributed by atoms with Crippen LogP contribution in [0.25, 0.3) is 0 Å². The number of carbonyl (C=O) groups is 2. The van der Waals surface area contributed by atoms with Crippen molar-refractivity contribution in [2.75, 3.05) is 0 Å². The number of halogens is 2. The van der Waals surface area contributed by atoms with Gasteiger partial charge in [-0.3, -0.25) is 14.9 Å². The minimum Gasteiger partial charge on any atom is -0.395 e. The van der Waals surface area contributed by atoms with Gasteiger partial charge in [0.2, 0.25) is 11.8 Å². The Kier molecular flexibility index (Phi) is 4.74. The highest BCUT2D eigenvalue weighted by Crippen LogP contribution is 2.42. The Balaban J connectivity index is 1.76. The summed E-state index contributed by atoms with van der Waals surface area (Å²) in [6, 6.07) is 3.34. The SMILES string of the molecule is CC1NC(=O)CC(C(=O)N[C@@H](c2ccc3c(c2)OC(F)(F)O3)C(C)C)N1. The molecule has 2 aliphatic heterocycles. The molecule has 3 N–H and O–H groups in total. The average Bonchev–Trinajstić information content (AvgIpc) is 2.83. The molecule has 1 aromatic carbocycles. The fourth-order valence-corrected chi connectivity index (χ4v) is 3.10. The molecule has 26 heavy (non-hydrogen) atoms. The molecule has 0 aromatic heterocycles. The van der Waals surface area contributed by atoms with Gasteiger partial charge in [0.05, 0.1) is 24.7 Å². The second-order valence-electron chi connectivity index (χ2n) is 6.82. The number of ether oxygens (including phenoxy) is 2. The van der Waals surface area contributed by atoms with E-state index in [-0.39, 0.29) is 41.8 Å². The summed E-state index contributed by atoms with van der Waals surface area (Å²) in [5.74, 6) is -0.672. The van der Waals surface area contributed by atoms with Gasteiger partial charge >= 0.3 is 6.29 Å². The molecule has 3 atom stereocenters. The molecule has 0 saturated carbocycles. The summed E-state index contributed by atoms with van der Waals surface area (Å²) in [7, 11) is 0. The lowest BCUT2D eigenvalue weighted by Gasteiger charge is -2.31. The number of benzene rings is 1. The molecule has 7 nitrogen and oxygen atoms in total. The number of alkyl halides is 2. The molecule has 0 bridgehead atoms. The maximum absolute atomic E-state index is 13.2. The Morgan fingerprint density at radius 2 is 2.00 bits per heavy atom. The first kappa shape index (κ1) is 18.4. The van der Waals surface area contributed by atoms with E-state index in [0.717, 1.165) is 0 Å². The van der Waals surface area contributed by atoms with E-state index < -0.39 is 18.4 Å². The van der Waals surface area contributed by atoms with Crippen LogP contribution in [0.3, 0.4) is 0 Å². The molecule has 142 valence electrons. The lowest BCUT2D eigenvalue weighted by Crippen LogP contribution is -2.59. The zero-order chi connectivity index (χ0) is 19.1. The number of nitrogens with one attached hydrogen (secondary N) is 3. The number of amides is 2. The van der Waals surface area contributed by atoms with Gasteiger partial charge in [-0.25, -0.2) is 0 Å². The molecule has 1 fully saturated rings. The van der Waals surface area contributed by atoms with Gasteiger partial charge in [-0.1, -0.05) is 19.9 Å². The van der Waals surface area contributed by atoms with Gasteiger partial charge in [0.1, 0.15) is 0 Å². The first-order valence-electron chi connectivity index (χ1n) is 8.40. The summed E-state index contributed by atoms with van der Waals surface area (Å²) >= 11 is 0. The molecule has 3 rings (SSSR count). The lowest BCUT2D eigenvalue weighted by molar-refractivity contribution is -0.286. The highest BCUT2D eigenvalue weighted by molar-refractivity contribution is 5.89. The Hall–Kier alpha value is -2.42. The molecular formula is C17H21F2N3O4. The Labute approximate surface area is 149 Å². The summed E-state index contributed by atoms with van der Waals surface area (Å²) in [5.41, 5.74) is 0.613. The molecule has 2 heterocycles. The standard InChI is InChI=1S/C17H21F2N3O4/c1-8(2)15(22-16(24)11-7-14(23)21-9(3)20-11)10-4-5-12-13(6-10)26-17(18,19)25-12/h4-6,8-9,11,15,20H,7H2,1-3H3,(H,21,23)(H,22,24)/t9?,11?,15-/m1/s1. The van der Waals surface area contributed by atoms with E-state index in [2.05, 4.69) is 25.4 Å². The Morgan fingerprint density at radius 3 is 2.65 bits per heavy atom. The normalized spacial score (nSPS) is 24.9. The number of carbonyl (C=O) groups excluding carboxylic acids is 2. The molecular weight excluding hydrogens is 348 g/mol. The first-order chi connectivity index (χ1) is 12.1. The Bertz CT molecular complexity index is 726. The van der Waals surface area contributed by atoms with Crippen molar-refractivity contribution in [2.24, 2.45) is 5.92 Å². The van der Waals surface area contributed by atoms with Crippen molar-refractivity contribution in [3.05, 3.63) is 23.8 Å². The van der Waals surface area contributed by atoms with Crippen LogP contribution in [-0.4, -0.2) is 30.3 Å². The van der Waals surface area contributed by atoms with Gasteiger partial charge in [0.15, 0.2) is 11.5 Å². The van der Waals surface area contributed by atoms with E-state index in [0.29, 0.717) is 5.56 Å². The smallest absolute Gasteiger partial charge is 0.395 e. The lowest BCUT2D eigenvalue weighted by atomic mass is 9.95. The fraction of sp³-hybridized carbons (Fsp3) is 0.529. The summed E-state index contributed by atoms with van der Waals surface area (Å²) in [6.07, 6.45) is -3.96. The van der Waals surface area contributed by atoms with E-state index in [1.165, 1.54) is 12.1 Å². The van der Waals surface area contributed by atoms with E-state index in [1.54, 1.807) is 13.0 Å². The fourth-order valence-electron chi connectivity index (χ4n) is 3.10.